The van der Waals surface area contributed by atoms with Gasteiger partial charge in [-0.15, -0.1) is 0 Å². The Morgan fingerprint density at radius 1 is 0.871 bits per heavy atom. The standard InChI is InChI=1S/C23H17Cl2NO4S/c24-19-9-7-18(8-10-19)23(27)30-26-16-22(13-6-17-4-2-1-3-5-17)31(28,29)21-14-11-20(25)12-15-21/h1-16,22H. The molecule has 0 spiro atoms. The normalized spacial score (nSPS) is 12.8. The third-order valence-corrected chi connectivity index (χ3v) is 6.63. The van der Waals surface area contributed by atoms with E-state index in [1.165, 1.54) is 54.6 Å². The van der Waals surface area contributed by atoms with Gasteiger partial charge in [0.2, 0.25) is 0 Å². The van der Waals surface area contributed by atoms with Crippen molar-refractivity contribution in [1.29, 1.82) is 0 Å². The highest BCUT2D eigenvalue weighted by Gasteiger charge is 2.24. The van der Waals surface area contributed by atoms with E-state index in [0.717, 1.165) is 11.8 Å². The quantitative estimate of drug-likeness (QED) is 0.251. The van der Waals surface area contributed by atoms with Crippen molar-refractivity contribution in [2.24, 2.45) is 5.16 Å². The van der Waals surface area contributed by atoms with Crippen molar-refractivity contribution in [1.82, 2.24) is 0 Å². The predicted octanol–water partition coefficient (Wildman–Crippen LogP) is 5.69. The molecular weight excluding hydrogens is 457 g/mol. The average molecular weight is 474 g/mol. The Hall–Kier alpha value is -2.93. The molecule has 8 heteroatoms. The number of hydrogen-bond donors (Lipinski definition) is 0. The molecule has 31 heavy (non-hydrogen) atoms. The second kappa shape index (κ2) is 10.4. The molecule has 0 N–H and O–H groups in total. The van der Waals surface area contributed by atoms with Crippen LogP contribution in [0.5, 0.6) is 0 Å². The molecule has 0 aromatic heterocycles. The lowest BCUT2D eigenvalue weighted by molar-refractivity contribution is 0.0518. The summed E-state index contributed by atoms with van der Waals surface area (Å²) in [5.41, 5.74) is 1.05. The molecule has 3 aromatic rings. The Bertz CT molecular complexity index is 1190. The van der Waals surface area contributed by atoms with Crippen LogP contribution in [0.25, 0.3) is 6.08 Å². The Morgan fingerprint density at radius 2 is 1.45 bits per heavy atom. The lowest BCUT2D eigenvalue weighted by atomic mass is 10.2. The first-order valence-electron chi connectivity index (χ1n) is 9.09. The van der Waals surface area contributed by atoms with Crippen LogP contribution in [0.3, 0.4) is 0 Å². The smallest absolute Gasteiger partial charge is 0.313 e. The molecule has 0 aliphatic heterocycles. The maximum Gasteiger partial charge on any atom is 0.365 e. The fourth-order valence-corrected chi connectivity index (χ4v) is 4.14. The van der Waals surface area contributed by atoms with Crippen molar-refractivity contribution in [3.63, 3.8) is 0 Å². The van der Waals surface area contributed by atoms with Gasteiger partial charge in [-0.05, 0) is 54.1 Å². The average Bonchev–Trinajstić information content (AvgIpc) is 2.77. The summed E-state index contributed by atoms with van der Waals surface area (Å²) in [5, 5.41) is 3.34. The maximum absolute atomic E-state index is 13.1. The molecule has 0 saturated carbocycles. The maximum atomic E-state index is 13.1. The van der Waals surface area contributed by atoms with Crippen LogP contribution in [0.2, 0.25) is 10.0 Å². The van der Waals surface area contributed by atoms with Crippen LogP contribution in [-0.2, 0) is 14.7 Å². The first kappa shape index (κ1) is 22.7. The van der Waals surface area contributed by atoms with E-state index in [9.17, 15) is 13.2 Å². The van der Waals surface area contributed by atoms with E-state index >= 15 is 0 Å². The molecule has 0 fully saturated rings. The molecule has 0 amide bonds. The zero-order chi connectivity index (χ0) is 22.3. The van der Waals surface area contributed by atoms with Crippen LogP contribution in [0.1, 0.15) is 15.9 Å². The van der Waals surface area contributed by atoms with Gasteiger partial charge in [0.05, 0.1) is 16.7 Å². The monoisotopic (exact) mass is 473 g/mol. The number of benzene rings is 3. The van der Waals surface area contributed by atoms with Gasteiger partial charge < -0.3 is 4.84 Å². The topological polar surface area (TPSA) is 72.8 Å². The Morgan fingerprint density at radius 3 is 2.06 bits per heavy atom. The molecule has 3 aromatic carbocycles. The van der Waals surface area contributed by atoms with E-state index in [1.807, 2.05) is 30.3 Å². The Balaban J connectivity index is 1.85. The van der Waals surface area contributed by atoms with E-state index in [2.05, 4.69) is 5.16 Å². The van der Waals surface area contributed by atoms with Gasteiger partial charge in [-0.3, -0.25) is 0 Å². The summed E-state index contributed by atoms with van der Waals surface area (Å²) < 4.78 is 26.2. The molecule has 0 aliphatic rings. The van der Waals surface area contributed by atoms with Gasteiger partial charge in [0.1, 0.15) is 5.25 Å². The lowest BCUT2D eigenvalue weighted by Crippen LogP contribution is -2.21. The van der Waals surface area contributed by atoms with E-state index in [-0.39, 0.29) is 10.5 Å². The molecule has 5 nitrogen and oxygen atoms in total. The molecular formula is C23H17Cl2NO4S. The summed E-state index contributed by atoms with van der Waals surface area (Å²) in [4.78, 5) is 17.0. The summed E-state index contributed by atoms with van der Waals surface area (Å²) in [6.45, 7) is 0. The summed E-state index contributed by atoms with van der Waals surface area (Å²) in [6.07, 6.45) is 4.20. The molecule has 3 rings (SSSR count). The van der Waals surface area contributed by atoms with Crippen molar-refractivity contribution < 1.29 is 18.0 Å². The Kier molecular flexibility index (Phi) is 7.63. The molecule has 0 bridgehead atoms. The minimum absolute atomic E-state index is 0.0649. The molecule has 0 saturated heterocycles. The zero-order valence-corrected chi connectivity index (χ0v) is 18.4. The van der Waals surface area contributed by atoms with Gasteiger partial charge in [0.15, 0.2) is 9.84 Å². The van der Waals surface area contributed by atoms with Crippen LogP contribution in [0.4, 0.5) is 0 Å². The first-order chi connectivity index (χ1) is 14.9. The second-order valence-corrected chi connectivity index (χ2v) is 9.35. The predicted molar refractivity (Wildman–Crippen MR) is 123 cm³/mol. The van der Waals surface area contributed by atoms with Crippen LogP contribution >= 0.6 is 23.2 Å². The largest absolute Gasteiger partial charge is 0.365 e. The van der Waals surface area contributed by atoms with Gasteiger partial charge in [0.25, 0.3) is 0 Å². The van der Waals surface area contributed by atoms with E-state index in [1.54, 1.807) is 6.08 Å². The second-order valence-electron chi connectivity index (χ2n) is 6.37. The van der Waals surface area contributed by atoms with Crippen molar-refractivity contribution >= 4 is 51.3 Å². The number of nitrogens with zero attached hydrogens (tertiary/aromatic N) is 1. The highest BCUT2D eigenvalue weighted by molar-refractivity contribution is 7.93. The molecule has 1 atom stereocenters. The van der Waals surface area contributed by atoms with Gasteiger partial charge in [0, 0.05) is 10.0 Å². The zero-order valence-electron chi connectivity index (χ0n) is 16.1. The fourth-order valence-electron chi connectivity index (χ4n) is 2.56. The molecule has 0 radical (unpaired) electrons. The van der Waals surface area contributed by atoms with E-state index in [4.69, 9.17) is 28.0 Å². The van der Waals surface area contributed by atoms with Crippen LogP contribution in [0, 0.1) is 0 Å². The Labute approximate surface area is 190 Å². The third-order valence-electron chi connectivity index (χ3n) is 4.20. The van der Waals surface area contributed by atoms with Gasteiger partial charge in [-0.1, -0.05) is 70.8 Å². The molecule has 0 aliphatic carbocycles. The summed E-state index contributed by atoms with van der Waals surface area (Å²) in [5.74, 6) is -0.734. The third kappa shape index (κ3) is 6.28. The molecule has 158 valence electrons. The number of carbonyl (C=O) groups excluding carboxylic acids is 1. The molecule has 1 unspecified atom stereocenters. The first-order valence-corrected chi connectivity index (χ1v) is 11.4. The van der Waals surface area contributed by atoms with Crippen molar-refractivity contribution in [3.8, 4) is 0 Å². The van der Waals surface area contributed by atoms with Crippen molar-refractivity contribution in [3.05, 3.63) is 106 Å². The SMILES string of the molecule is O=C(ON=CC(C=Cc1ccccc1)S(=O)(=O)c1ccc(Cl)cc1)c1ccc(Cl)cc1. The number of halogens is 2. The summed E-state index contributed by atoms with van der Waals surface area (Å²) >= 11 is 11.7. The van der Waals surface area contributed by atoms with Crippen molar-refractivity contribution in [2.75, 3.05) is 0 Å². The lowest BCUT2D eigenvalue weighted by Gasteiger charge is -2.10. The number of carbonyl (C=O) groups is 1. The highest BCUT2D eigenvalue weighted by Crippen LogP contribution is 2.20. The number of oxime groups is 1. The summed E-state index contributed by atoms with van der Waals surface area (Å²) in [7, 11) is -3.86. The van der Waals surface area contributed by atoms with Crippen molar-refractivity contribution in [2.45, 2.75) is 10.1 Å². The van der Waals surface area contributed by atoms with Gasteiger partial charge in [-0.25, -0.2) is 13.2 Å². The minimum atomic E-state index is -3.86. The van der Waals surface area contributed by atoms with E-state index in [0.29, 0.717) is 10.0 Å². The van der Waals surface area contributed by atoms with Crippen LogP contribution < -0.4 is 0 Å². The van der Waals surface area contributed by atoms with Gasteiger partial charge >= 0.3 is 5.97 Å². The fraction of sp³-hybridized carbons (Fsp3) is 0.0435. The highest BCUT2D eigenvalue weighted by atomic mass is 35.5. The van der Waals surface area contributed by atoms with E-state index < -0.39 is 21.1 Å². The van der Waals surface area contributed by atoms with Crippen LogP contribution in [0.15, 0.2) is 95.0 Å². The van der Waals surface area contributed by atoms with Gasteiger partial charge in [-0.2, -0.15) is 0 Å². The van der Waals surface area contributed by atoms with Crippen LogP contribution in [-0.4, -0.2) is 25.9 Å². The minimum Gasteiger partial charge on any atom is -0.313 e. The number of sulfone groups is 1. The molecule has 0 heterocycles. The number of hydrogen-bond acceptors (Lipinski definition) is 5. The summed E-state index contributed by atoms with van der Waals surface area (Å²) in [6, 6.07) is 21.1. The number of rotatable bonds is 7.